The molecule has 0 bridgehead atoms. The van der Waals surface area contributed by atoms with Crippen molar-refractivity contribution in [2.24, 2.45) is 11.7 Å². The number of rotatable bonds is 7. The Hall–Kier alpha value is -0.830. The van der Waals surface area contributed by atoms with Gasteiger partial charge in [-0.25, -0.2) is 13.1 Å². The molecule has 0 spiro atoms. The third-order valence-corrected chi connectivity index (χ3v) is 3.45. The lowest BCUT2D eigenvalue weighted by Crippen LogP contribution is -2.35. The first kappa shape index (κ1) is 16.2. The minimum Gasteiger partial charge on any atom is -0.387 e. The smallest absolute Gasteiger partial charge is 0.387 e. The summed E-state index contributed by atoms with van der Waals surface area (Å²) in [5.41, 5.74) is 5.12. The summed E-state index contributed by atoms with van der Waals surface area (Å²) in [6.45, 7) is 1.46. The Morgan fingerprint density at radius 1 is 1.47 bits per heavy atom. The lowest BCUT2D eigenvalue weighted by atomic mass is 10.2. The van der Waals surface area contributed by atoms with Gasteiger partial charge in [-0.15, -0.1) is 0 Å². The minimum atomic E-state index is -4.35. The number of alkyl halides is 3. The first-order valence-electron chi connectivity index (χ1n) is 4.91. The third kappa shape index (κ3) is 8.93. The fourth-order valence-electron chi connectivity index (χ4n) is 0.897. The molecule has 0 radical (unpaired) electrons. The van der Waals surface area contributed by atoms with E-state index in [-0.39, 0.29) is 12.4 Å². The lowest BCUT2D eigenvalue weighted by Gasteiger charge is -2.11. The van der Waals surface area contributed by atoms with E-state index in [1.165, 1.54) is 0 Å². The number of hydrogen-bond acceptors (Lipinski definition) is 3. The monoisotopic (exact) mass is 275 g/mol. The highest BCUT2D eigenvalue weighted by atomic mass is 32.2. The summed E-state index contributed by atoms with van der Waals surface area (Å²) in [6, 6.07) is 0. The van der Waals surface area contributed by atoms with Crippen LogP contribution in [0.4, 0.5) is 13.2 Å². The van der Waals surface area contributed by atoms with Crippen LogP contribution in [0, 0.1) is 11.3 Å². The standard InChI is InChI=1S/C8H16F3N3O2S/c1-6(7(12)13)5-14-17(15,16)4-2-3-8(9,10)11/h6,14H,2-5H2,1H3,(H3,12,13). The van der Waals surface area contributed by atoms with Crippen LogP contribution in [0.15, 0.2) is 0 Å². The van der Waals surface area contributed by atoms with Gasteiger partial charge in [0.1, 0.15) is 0 Å². The van der Waals surface area contributed by atoms with Crippen molar-refractivity contribution in [3.05, 3.63) is 0 Å². The van der Waals surface area contributed by atoms with Crippen LogP contribution in [-0.2, 0) is 10.0 Å². The first-order valence-corrected chi connectivity index (χ1v) is 6.57. The maximum Gasteiger partial charge on any atom is 0.389 e. The molecular formula is C8H16F3N3O2S. The van der Waals surface area contributed by atoms with E-state index in [1.54, 1.807) is 6.92 Å². The van der Waals surface area contributed by atoms with Crippen LogP contribution >= 0.6 is 0 Å². The van der Waals surface area contributed by atoms with Gasteiger partial charge in [0.25, 0.3) is 0 Å². The Bertz CT molecular complexity index is 354. The summed E-state index contributed by atoms with van der Waals surface area (Å²) in [5.74, 6) is -1.24. The van der Waals surface area contributed by atoms with Crippen LogP contribution in [0.3, 0.4) is 0 Å². The maximum absolute atomic E-state index is 11.8. The predicted molar refractivity (Wildman–Crippen MR) is 58.2 cm³/mol. The first-order chi connectivity index (χ1) is 7.53. The fraction of sp³-hybridized carbons (Fsp3) is 0.875. The minimum absolute atomic E-state index is 0.0797. The quantitative estimate of drug-likeness (QED) is 0.474. The Morgan fingerprint density at radius 2 is 2.00 bits per heavy atom. The highest BCUT2D eigenvalue weighted by Gasteiger charge is 2.27. The molecule has 1 atom stereocenters. The van der Waals surface area contributed by atoms with E-state index in [2.05, 4.69) is 4.72 Å². The lowest BCUT2D eigenvalue weighted by molar-refractivity contribution is -0.134. The van der Waals surface area contributed by atoms with Crippen LogP contribution in [0.25, 0.3) is 0 Å². The molecule has 4 N–H and O–H groups in total. The van der Waals surface area contributed by atoms with E-state index in [4.69, 9.17) is 11.1 Å². The number of amidine groups is 1. The van der Waals surface area contributed by atoms with Crippen molar-refractivity contribution in [2.75, 3.05) is 12.3 Å². The highest BCUT2D eigenvalue weighted by Crippen LogP contribution is 2.21. The molecule has 9 heteroatoms. The number of sulfonamides is 1. The fourth-order valence-corrected chi connectivity index (χ4v) is 2.07. The Labute approximate surface area is 98.1 Å². The molecule has 0 aromatic rings. The second-order valence-electron chi connectivity index (χ2n) is 3.74. The van der Waals surface area contributed by atoms with Crippen molar-refractivity contribution in [3.8, 4) is 0 Å². The summed E-state index contributed by atoms with van der Waals surface area (Å²) in [5, 5.41) is 7.02. The van der Waals surface area contributed by atoms with Crippen LogP contribution in [0.2, 0.25) is 0 Å². The molecule has 102 valence electrons. The third-order valence-electron chi connectivity index (χ3n) is 2.01. The maximum atomic E-state index is 11.8. The molecule has 5 nitrogen and oxygen atoms in total. The summed E-state index contributed by atoms with van der Waals surface area (Å²) in [7, 11) is -3.73. The number of hydrogen-bond donors (Lipinski definition) is 3. The van der Waals surface area contributed by atoms with E-state index in [1.807, 2.05) is 0 Å². The number of nitrogens with two attached hydrogens (primary N) is 1. The van der Waals surface area contributed by atoms with Gasteiger partial charge in [0, 0.05) is 18.9 Å². The average Bonchev–Trinajstić information content (AvgIpc) is 2.11. The van der Waals surface area contributed by atoms with E-state index in [0.29, 0.717) is 0 Å². The van der Waals surface area contributed by atoms with Crippen molar-refractivity contribution in [1.82, 2.24) is 4.72 Å². The zero-order valence-electron chi connectivity index (χ0n) is 9.34. The molecule has 0 fully saturated rings. The summed E-state index contributed by atoms with van der Waals surface area (Å²) < 4.78 is 60.0. The number of halogens is 3. The van der Waals surface area contributed by atoms with Crippen LogP contribution in [-0.4, -0.2) is 32.7 Å². The van der Waals surface area contributed by atoms with E-state index < -0.39 is 40.7 Å². The van der Waals surface area contributed by atoms with Gasteiger partial charge < -0.3 is 5.73 Å². The molecule has 0 saturated heterocycles. The topological polar surface area (TPSA) is 96.0 Å². The van der Waals surface area contributed by atoms with Gasteiger partial charge >= 0.3 is 6.18 Å². The van der Waals surface area contributed by atoms with Crippen molar-refractivity contribution in [3.63, 3.8) is 0 Å². The van der Waals surface area contributed by atoms with Crippen molar-refractivity contribution in [1.29, 1.82) is 5.41 Å². The van der Waals surface area contributed by atoms with Gasteiger partial charge in [0.15, 0.2) is 0 Å². The number of nitrogens with one attached hydrogen (secondary N) is 2. The van der Waals surface area contributed by atoms with Crippen molar-refractivity contribution < 1.29 is 21.6 Å². The van der Waals surface area contributed by atoms with E-state index in [9.17, 15) is 21.6 Å². The molecule has 0 rings (SSSR count). The SMILES string of the molecule is CC(CNS(=O)(=O)CCCC(F)(F)F)C(=N)N. The van der Waals surface area contributed by atoms with Gasteiger partial charge in [0.05, 0.1) is 11.6 Å². The second-order valence-corrected chi connectivity index (χ2v) is 5.67. The molecule has 0 heterocycles. The Balaban J connectivity index is 4.01. The highest BCUT2D eigenvalue weighted by molar-refractivity contribution is 7.89. The van der Waals surface area contributed by atoms with Crippen molar-refractivity contribution in [2.45, 2.75) is 25.9 Å². The summed E-state index contributed by atoms with van der Waals surface area (Å²) in [6.07, 6.45) is -5.95. The predicted octanol–water partition coefficient (Wildman–Crippen LogP) is 0.820. The van der Waals surface area contributed by atoms with Gasteiger partial charge in [-0.1, -0.05) is 6.92 Å². The molecule has 0 saturated carbocycles. The normalized spacial score (nSPS) is 14.6. The Kier molecular flexibility index (Phi) is 5.89. The van der Waals surface area contributed by atoms with Gasteiger partial charge in [-0.2, -0.15) is 13.2 Å². The molecule has 0 aromatic heterocycles. The van der Waals surface area contributed by atoms with E-state index in [0.717, 1.165) is 0 Å². The van der Waals surface area contributed by atoms with Crippen LogP contribution in [0.1, 0.15) is 19.8 Å². The molecule has 0 aliphatic heterocycles. The zero-order chi connectivity index (χ0) is 13.7. The molecule has 0 aliphatic carbocycles. The largest absolute Gasteiger partial charge is 0.389 e. The zero-order valence-corrected chi connectivity index (χ0v) is 10.2. The summed E-state index contributed by atoms with van der Waals surface area (Å²) >= 11 is 0. The molecule has 0 amide bonds. The summed E-state index contributed by atoms with van der Waals surface area (Å²) in [4.78, 5) is 0. The van der Waals surface area contributed by atoms with Crippen LogP contribution < -0.4 is 10.5 Å². The van der Waals surface area contributed by atoms with Crippen molar-refractivity contribution >= 4 is 15.9 Å². The molecule has 17 heavy (non-hydrogen) atoms. The average molecular weight is 275 g/mol. The Morgan fingerprint density at radius 3 is 2.41 bits per heavy atom. The second kappa shape index (κ2) is 6.20. The molecule has 1 unspecified atom stereocenters. The van der Waals surface area contributed by atoms with Gasteiger partial charge in [-0.05, 0) is 6.42 Å². The van der Waals surface area contributed by atoms with Crippen LogP contribution in [0.5, 0.6) is 0 Å². The molecular weight excluding hydrogens is 259 g/mol. The van der Waals surface area contributed by atoms with E-state index >= 15 is 0 Å². The molecule has 0 aromatic carbocycles. The van der Waals surface area contributed by atoms with Gasteiger partial charge in [-0.3, -0.25) is 5.41 Å². The van der Waals surface area contributed by atoms with Gasteiger partial charge in [0.2, 0.25) is 10.0 Å². The molecule has 0 aliphatic rings.